The number of nitrogens with zero attached hydrogens (tertiary/aromatic N) is 1. The zero-order valence-electron chi connectivity index (χ0n) is 16.5. The summed E-state index contributed by atoms with van der Waals surface area (Å²) in [7, 11) is -3.50. The van der Waals surface area contributed by atoms with E-state index >= 15 is 0 Å². The topological polar surface area (TPSA) is 75.7 Å². The van der Waals surface area contributed by atoms with Crippen molar-refractivity contribution in [2.75, 3.05) is 25.0 Å². The van der Waals surface area contributed by atoms with Crippen molar-refractivity contribution in [3.8, 4) is 5.75 Å². The molecule has 1 saturated heterocycles. The molecule has 1 heterocycles. The molecular weight excluding hydrogens is 388 g/mol. The molecule has 1 N–H and O–H groups in total. The fourth-order valence-corrected chi connectivity index (χ4v) is 4.62. The zero-order chi connectivity index (χ0) is 20.9. The van der Waals surface area contributed by atoms with E-state index in [2.05, 4.69) is 18.8 Å². The lowest BCUT2D eigenvalue weighted by molar-refractivity contribution is 0.102. The van der Waals surface area contributed by atoms with E-state index in [1.807, 2.05) is 0 Å². The lowest BCUT2D eigenvalue weighted by atomic mass is 10.0. The van der Waals surface area contributed by atoms with Gasteiger partial charge in [-0.15, -0.1) is 0 Å². The van der Waals surface area contributed by atoms with Gasteiger partial charge in [0, 0.05) is 24.3 Å². The van der Waals surface area contributed by atoms with E-state index in [9.17, 15) is 13.2 Å². The molecule has 1 amide bonds. The second-order valence-electron chi connectivity index (χ2n) is 7.19. The highest BCUT2D eigenvalue weighted by Gasteiger charge is 2.27. The summed E-state index contributed by atoms with van der Waals surface area (Å²) in [5, 5.41) is 2.78. The molecule has 0 aromatic heterocycles. The number of anilines is 1. The molecule has 0 aliphatic carbocycles. The van der Waals surface area contributed by atoms with Crippen LogP contribution in [0.3, 0.4) is 0 Å². The fourth-order valence-electron chi connectivity index (χ4n) is 3.15. The van der Waals surface area contributed by atoms with E-state index in [1.165, 1.54) is 16.4 Å². The molecule has 0 bridgehead atoms. The Labute approximate surface area is 172 Å². The Hall–Kier alpha value is -2.64. The summed E-state index contributed by atoms with van der Waals surface area (Å²) in [6.07, 6.45) is 3.41. The number of carbonyl (C=O) groups excluding carboxylic acids is 1. The first-order valence-electron chi connectivity index (χ1n) is 9.65. The van der Waals surface area contributed by atoms with E-state index < -0.39 is 10.0 Å². The minimum absolute atomic E-state index is 0.244. The Morgan fingerprint density at radius 1 is 1.14 bits per heavy atom. The third kappa shape index (κ3) is 5.25. The van der Waals surface area contributed by atoms with Gasteiger partial charge in [0.05, 0.1) is 4.90 Å². The number of amides is 1. The van der Waals surface area contributed by atoms with Gasteiger partial charge in [0.1, 0.15) is 12.4 Å². The van der Waals surface area contributed by atoms with E-state index in [4.69, 9.17) is 4.74 Å². The zero-order valence-corrected chi connectivity index (χ0v) is 17.3. The van der Waals surface area contributed by atoms with Crippen LogP contribution in [0.2, 0.25) is 0 Å². The van der Waals surface area contributed by atoms with Gasteiger partial charge in [-0.3, -0.25) is 4.79 Å². The van der Waals surface area contributed by atoms with E-state index in [0.717, 1.165) is 12.8 Å². The van der Waals surface area contributed by atoms with Crippen LogP contribution in [0.4, 0.5) is 5.69 Å². The minimum Gasteiger partial charge on any atom is -0.490 e. The quantitative estimate of drug-likeness (QED) is 0.697. The summed E-state index contributed by atoms with van der Waals surface area (Å²) in [4.78, 5) is 12.6. The highest BCUT2D eigenvalue weighted by Crippen LogP contribution is 2.24. The van der Waals surface area contributed by atoms with Gasteiger partial charge in [0.25, 0.3) is 5.91 Å². The maximum absolute atomic E-state index is 12.8. The van der Waals surface area contributed by atoms with Crippen molar-refractivity contribution in [2.24, 2.45) is 5.92 Å². The van der Waals surface area contributed by atoms with Gasteiger partial charge in [0.15, 0.2) is 0 Å². The van der Waals surface area contributed by atoms with Gasteiger partial charge in [-0.25, -0.2) is 8.42 Å². The van der Waals surface area contributed by atoms with Gasteiger partial charge >= 0.3 is 0 Å². The summed E-state index contributed by atoms with van der Waals surface area (Å²) >= 11 is 0. The number of ether oxygens (including phenoxy) is 1. The Kier molecular flexibility index (Phi) is 6.71. The number of sulfonamides is 1. The molecule has 6 nitrogen and oxygen atoms in total. The van der Waals surface area contributed by atoms with Crippen molar-refractivity contribution in [1.29, 1.82) is 0 Å². The molecule has 1 aliphatic heterocycles. The van der Waals surface area contributed by atoms with Crippen LogP contribution in [0.15, 0.2) is 66.1 Å². The van der Waals surface area contributed by atoms with Crippen LogP contribution >= 0.6 is 0 Å². The lowest BCUT2D eigenvalue weighted by Gasteiger charge is -2.29. The predicted octanol–water partition coefficient (Wildman–Crippen LogP) is 3.92. The highest BCUT2D eigenvalue weighted by atomic mass is 32.2. The second kappa shape index (κ2) is 9.24. The van der Waals surface area contributed by atoms with E-state index in [-0.39, 0.29) is 10.8 Å². The van der Waals surface area contributed by atoms with Crippen molar-refractivity contribution in [3.63, 3.8) is 0 Å². The normalized spacial score (nSPS) is 15.6. The maximum Gasteiger partial charge on any atom is 0.255 e. The Morgan fingerprint density at radius 2 is 1.76 bits per heavy atom. The number of carbonyl (C=O) groups is 1. The molecule has 0 unspecified atom stereocenters. The SMILES string of the molecule is C=CCOc1ccc(C(=O)Nc2ccc(S(=O)(=O)N3CCC(C)CC3)cc2)cc1. The first-order chi connectivity index (χ1) is 13.9. The largest absolute Gasteiger partial charge is 0.490 e. The standard InChI is InChI=1S/C22H26N2O4S/c1-3-16-28-20-8-4-18(5-9-20)22(25)23-19-6-10-21(11-7-19)29(26,27)24-14-12-17(2)13-15-24/h3-11,17H,1,12-16H2,2H3,(H,23,25). The monoisotopic (exact) mass is 414 g/mol. The van der Waals surface area contributed by atoms with Gasteiger partial charge < -0.3 is 10.1 Å². The van der Waals surface area contributed by atoms with Gasteiger partial charge in [-0.2, -0.15) is 4.31 Å². The van der Waals surface area contributed by atoms with Crippen molar-refractivity contribution in [1.82, 2.24) is 4.31 Å². The lowest BCUT2D eigenvalue weighted by Crippen LogP contribution is -2.37. The number of rotatable bonds is 7. The predicted molar refractivity (Wildman–Crippen MR) is 114 cm³/mol. The summed E-state index contributed by atoms with van der Waals surface area (Å²) in [6, 6.07) is 13.1. The molecule has 2 aromatic rings. The molecule has 154 valence electrons. The molecular formula is C22H26N2O4S. The Morgan fingerprint density at radius 3 is 2.34 bits per heavy atom. The first-order valence-corrected chi connectivity index (χ1v) is 11.1. The fraction of sp³-hybridized carbons (Fsp3) is 0.318. The molecule has 0 saturated carbocycles. The van der Waals surface area contributed by atoms with E-state index in [1.54, 1.807) is 42.5 Å². The molecule has 1 fully saturated rings. The highest BCUT2D eigenvalue weighted by molar-refractivity contribution is 7.89. The number of piperidine rings is 1. The summed E-state index contributed by atoms with van der Waals surface area (Å²) in [6.45, 7) is 7.23. The van der Waals surface area contributed by atoms with Gasteiger partial charge in [-0.1, -0.05) is 19.6 Å². The summed E-state index contributed by atoms with van der Waals surface area (Å²) in [5.74, 6) is 0.936. The van der Waals surface area contributed by atoms with Gasteiger partial charge in [-0.05, 0) is 67.3 Å². The first kappa shape index (κ1) is 21.1. The van der Waals surface area contributed by atoms with Crippen molar-refractivity contribution >= 4 is 21.6 Å². The Balaban J connectivity index is 1.64. The van der Waals surface area contributed by atoms with Crippen molar-refractivity contribution in [2.45, 2.75) is 24.7 Å². The minimum atomic E-state index is -3.50. The van der Waals surface area contributed by atoms with Crippen LogP contribution in [0, 0.1) is 5.92 Å². The Bertz CT molecular complexity index is 945. The molecule has 3 rings (SSSR count). The average Bonchev–Trinajstić information content (AvgIpc) is 2.73. The summed E-state index contributed by atoms with van der Waals surface area (Å²) < 4.78 is 32.5. The molecule has 0 atom stereocenters. The molecule has 0 spiro atoms. The van der Waals surface area contributed by atoms with Gasteiger partial charge in [0.2, 0.25) is 10.0 Å². The van der Waals surface area contributed by atoms with Crippen molar-refractivity contribution < 1.29 is 17.9 Å². The second-order valence-corrected chi connectivity index (χ2v) is 9.13. The third-order valence-corrected chi connectivity index (χ3v) is 6.89. The number of hydrogen-bond acceptors (Lipinski definition) is 4. The molecule has 1 aliphatic rings. The number of benzene rings is 2. The molecule has 2 aromatic carbocycles. The molecule has 0 radical (unpaired) electrons. The number of hydrogen-bond donors (Lipinski definition) is 1. The van der Waals surface area contributed by atoms with Crippen LogP contribution in [0.1, 0.15) is 30.1 Å². The van der Waals surface area contributed by atoms with Crippen LogP contribution in [-0.2, 0) is 10.0 Å². The van der Waals surface area contributed by atoms with E-state index in [0.29, 0.717) is 42.6 Å². The average molecular weight is 415 g/mol. The van der Waals surface area contributed by atoms with Crippen LogP contribution < -0.4 is 10.1 Å². The van der Waals surface area contributed by atoms with Crippen LogP contribution in [-0.4, -0.2) is 38.3 Å². The third-order valence-electron chi connectivity index (χ3n) is 4.98. The maximum atomic E-state index is 12.8. The smallest absolute Gasteiger partial charge is 0.255 e. The van der Waals surface area contributed by atoms with Crippen molar-refractivity contribution in [3.05, 3.63) is 66.7 Å². The molecule has 29 heavy (non-hydrogen) atoms. The van der Waals surface area contributed by atoms with Crippen LogP contribution in [0.5, 0.6) is 5.75 Å². The number of nitrogens with one attached hydrogen (secondary N) is 1. The molecule has 7 heteroatoms. The van der Waals surface area contributed by atoms with Crippen LogP contribution in [0.25, 0.3) is 0 Å². The summed E-state index contributed by atoms with van der Waals surface area (Å²) in [5.41, 5.74) is 1.02.